The molecule has 1 amide bonds. The number of piperidine rings is 1. The molecule has 0 bridgehead atoms. The lowest BCUT2D eigenvalue weighted by Crippen LogP contribution is -2.39. The highest BCUT2D eigenvalue weighted by atomic mass is 19.1. The van der Waals surface area contributed by atoms with Crippen molar-refractivity contribution in [1.29, 1.82) is 0 Å². The van der Waals surface area contributed by atoms with E-state index in [2.05, 4.69) is 15.1 Å². The van der Waals surface area contributed by atoms with Crippen LogP contribution in [0, 0.1) is 24.4 Å². The molecule has 0 atom stereocenters. The molecule has 1 saturated heterocycles. The highest BCUT2D eigenvalue weighted by Gasteiger charge is 2.28. The van der Waals surface area contributed by atoms with E-state index in [4.69, 9.17) is 4.84 Å². The van der Waals surface area contributed by atoms with Crippen LogP contribution in [-0.4, -0.2) is 39.6 Å². The number of hydrogen-bond acceptors (Lipinski definition) is 5. The minimum Gasteiger partial charge on any atom is -0.357 e. The predicted molar refractivity (Wildman–Crippen MR) is 125 cm³/mol. The molecule has 182 valence electrons. The molecule has 0 spiro atoms. The second-order valence-electron chi connectivity index (χ2n) is 8.47. The molecule has 3 aromatic rings. The maximum atomic E-state index is 13.9. The van der Waals surface area contributed by atoms with E-state index in [0.717, 1.165) is 17.8 Å². The van der Waals surface area contributed by atoms with Crippen LogP contribution in [0.5, 0.6) is 5.75 Å². The van der Waals surface area contributed by atoms with E-state index >= 15 is 0 Å². The summed E-state index contributed by atoms with van der Waals surface area (Å²) in [4.78, 5) is 28.6. The summed E-state index contributed by atoms with van der Waals surface area (Å²) in [6, 6.07) is 9.28. The first kappa shape index (κ1) is 24.4. The Bertz CT molecular complexity index is 1240. The van der Waals surface area contributed by atoms with Crippen LogP contribution in [0.4, 0.5) is 13.2 Å². The summed E-state index contributed by atoms with van der Waals surface area (Å²) < 4.78 is 41.3. The third-order valence-electron chi connectivity index (χ3n) is 6.04. The SMILES string of the molecule is CC(=NOc1cccc(F)c1)c1cnc(C)nc1C1CCN(C(=O)Cc2c(F)cccc2F)CC1. The third-order valence-corrected chi connectivity index (χ3v) is 6.04. The van der Waals surface area contributed by atoms with Gasteiger partial charge >= 0.3 is 0 Å². The highest BCUT2D eigenvalue weighted by Crippen LogP contribution is 2.30. The molecule has 6 nitrogen and oxygen atoms in total. The summed E-state index contributed by atoms with van der Waals surface area (Å²) in [6.45, 7) is 4.44. The van der Waals surface area contributed by atoms with Gasteiger partial charge in [-0.05, 0) is 51.0 Å². The fourth-order valence-corrected chi connectivity index (χ4v) is 4.14. The van der Waals surface area contributed by atoms with Crippen molar-refractivity contribution in [3.05, 3.63) is 88.8 Å². The molecule has 0 N–H and O–H groups in total. The lowest BCUT2D eigenvalue weighted by Gasteiger charge is -2.32. The first-order chi connectivity index (χ1) is 16.8. The van der Waals surface area contributed by atoms with Crippen molar-refractivity contribution in [1.82, 2.24) is 14.9 Å². The van der Waals surface area contributed by atoms with Gasteiger partial charge in [0.05, 0.1) is 17.8 Å². The summed E-state index contributed by atoms with van der Waals surface area (Å²) in [5.41, 5.74) is 1.84. The van der Waals surface area contributed by atoms with Gasteiger partial charge in [0.15, 0.2) is 5.75 Å². The molecule has 0 saturated carbocycles. The molecular weight excluding hydrogens is 457 g/mol. The summed E-state index contributed by atoms with van der Waals surface area (Å²) >= 11 is 0. The molecule has 4 rings (SSSR count). The Hall–Kier alpha value is -3.75. The van der Waals surface area contributed by atoms with Gasteiger partial charge in [-0.1, -0.05) is 17.3 Å². The summed E-state index contributed by atoms with van der Waals surface area (Å²) in [5.74, 6) is -1.25. The number of carbonyl (C=O) groups excluding carboxylic acids is 1. The Labute approximate surface area is 201 Å². The number of benzene rings is 2. The Kier molecular flexibility index (Phi) is 7.43. The number of oxime groups is 1. The fraction of sp³-hybridized carbons (Fsp3) is 0.308. The largest absolute Gasteiger partial charge is 0.357 e. The predicted octanol–water partition coefficient (Wildman–Crippen LogP) is 4.95. The Balaban J connectivity index is 1.45. The summed E-state index contributed by atoms with van der Waals surface area (Å²) in [6.07, 6.45) is 2.63. The van der Waals surface area contributed by atoms with Crippen molar-refractivity contribution in [3.63, 3.8) is 0 Å². The van der Waals surface area contributed by atoms with Gasteiger partial charge in [-0.3, -0.25) is 4.79 Å². The second-order valence-corrected chi connectivity index (χ2v) is 8.47. The van der Waals surface area contributed by atoms with Crippen molar-refractivity contribution < 1.29 is 22.8 Å². The molecule has 1 aromatic heterocycles. The lowest BCUT2D eigenvalue weighted by molar-refractivity contribution is -0.131. The maximum absolute atomic E-state index is 13.9. The van der Waals surface area contributed by atoms with Gasteiger partial charge in [0.25, 0.3) is 0 Å². The van der Waals surface area contributed by atoms with Gasteiger partial charge in [0.2, 0.25) is 5.91 Å². The van der Waals surface area contributed by atoms with Gasteiger partial charge in [0, 0.05) is 42.4 Å². The quantitative estimate of drug-likeness (QED) is 0.368. The highest BCUT2D eigenvalue weighted by molar-refractivity contribution is 5.99. The van der Waals surface area contributed by atoms with Crippen molar-refractivity contribution in [2.24, 2.45) is 5.16 Å². The van der Waals surface area contributed by atoms with Crippen LogP contribution in [0.15, 0.2) is 53.8 Å². The monoisotopic (exact) mass is 482 g/mol. The van der Waals surface area contributed by atoms with Gasteiger partial charge in [0.1, 0.15) is 23.3 Å². The molecule has 9 heteroatoms. The number of nitrogens with zero attached hydrogens (tertiary/aromatic N) is 4. The number of rotatable bonds is 6. The van der Waals surface area contributed by atoms with Crippen molar-refractivity contribution in [3.8, 4) is 5.75 Å². The maximum Gasteiger partial charge on any atom is 0.227 e. The Morgan fingerprint density at radius 1 is 1.11 bits per heavy atom. The molecule has 2 aromatic carbocycles. The minimum atomic E-state index is -0.718. The normalized spacial score (nSPS) is 14.8. The molecule has 1 fully saturated rings. The van der Waals surface area contributed by atoms with E-state index in [1.165, 1.54) is 24.3 Å². The van der Waals surface area contributed by atoms with Crippen LogP contribution >= 0.6 is 0 Å². The number of hydrogen-bond donors (Lipinski definition) is 0. The van der Waals surface area contributed by atoms with E-state index in [9.17, 15) is 18.0 Å². The lowest BCUT2D eigenvalue weighted by atomic mass is 9.89. The van der Waals surface area contributed by atoms with Gasteiger partial charge in [-0.25, -0.2) is 23.1 Å². The van der Waals surface area contributed by atoms with Gasteiger partial charge < -0.3 is 9.74 Å². The van der Waals surface area contributed by atoms with Crippen LogP contribution in [0.3, 0.4) is 0 Å². The van der Waals surface area contributed by atoms with Crippen LogP contribution in [-0.2, 0) is 11.2 Å². The van der Waals surface area contributed by atoms with Crippen molar-refractivity contribution in [2.45, 2.75) is 39.0 Å². The van der Waals surface area contributed by atoms with Crippen LogP contribution in [0.1, 0.15) is 48.3 Å². The third kappa shape index (κ3) is 5.85. The minimum absolute atomic E-state index is 0.0419. The van der Waals surface area contributed by atoms with Crippen molar-refractivity contribution >= 4 is 11.6 Å². The standard InChI is InChI=1S/C26H25F3N4O2/c1-16(32-35-20-6-3-5-19(27)13-20)22-15-30-17(2)31-26(22)18-9-11-33(12-10-18)25(34)14-21-23(28)7-4-8-24(21)29/h3-8,13,15,18H,9-12,14H2,1-2H3. The summed E-state index contributed by atoms with van der Waals surface area (Å²) in [5, 5.41) is 4.13. The van der Waals surface area contributed by atoms with E-state index < -0.39 is 17.5 Å². The number of carbonyl (C=O) groups is 1. The first-order valence-corrected chi connectivity index (χ1v) is 11.3. The molecule has 2 heterocycles. The average Bonchev–Trinajstić information content (AvgIpc) is 2.85. The average molecular weight is 483 g/mol. The van der Waals surface area contributed by atoms with Gasteiger partial charge in [-0.2, -0.15) is 0 Å². The topological polar surface area (TPSA) is 67.7 Å². The smallest absolute Gasteiger partial charge is 0.227 e. The number of aryl methyl sites for hydroxylation is 1. The van der Waals surface area contributed by atoms with E-state index in [1.54, 1.807) is 31.0 Å². The zero-order valence-electron chi connectivity index (χ0n) is 19.5. The molecule has 1 aliphatic rings. The molecule has 0 radical (unpaired) electrons. The van der Waals surface area contributed by atoms with Crippen LogP contribution < -0.4 is 4.84 Å². The molecule has 0 unspecified atom stereocenters. The molecule has 0 aliphatic carbocycles. The molecule has 35 heavy (non-hydrogen) atoms. The van der Waals surface area contributed by atoms with Gasteiger partial charge in [-0.15, -0.1) is 0 Å². The van der Waals surface area contributed by atoms with E-state index in [0.29, 0.717) is 43.0 Å². The van der Waals surface area contributed by atoms with E-state index in [-0.39, 0.29) is 29.6 Å². The Morgan fingerprint density at radius 2 is 1.80 bits per heavy atom. The number of amides is 1. The molecule has 1 aliphatic heterocycles. The fourth-order valence-electron chi connectivity index (χ4n) is 4.14. The number of aromatic nitrogens is 2. The first-order valence-electron chi connectivity index (χ1n) is 11.3. The zero-order chi connectivity index (χ0) is 24.9. The molecular formula is C26H25F3N4O2. The number of halogens is 3. The number of likely N-dealkylation sites (tertiary alicyclic amines) is 1. The van der Waals surface area contributed by atoms with E-state index in [1.807, 2.05) is 0 Å². The Morgan fingerprint density at radius 3 is 2.49 bits per heavy atom. The second kappa shape index (κ2) is 10.7. The van der Waals surface area contributed by atoms with Crippen molar-refractivity contribution in [2.75, 3.05) is 13.1 Å². The zero-order valence-corrected chi connectivity index (χ0v) is 19.5. The summed E-state index contributed by atoms with van der Waals surface area (Å²) in [7, 11) is 0. The van der Waals surface area contributed by atoms with Crippen LogP contribution in [0.25, 0.3) is 0 Å². The van der Waals surface area contributed by atoms with Crippen LogP contribution in [0.2, 0.25) is 0 Å².